The van der Waals surface area contributed by atoms with Crippen LogP contribution in [0.1, 0.15) is 12.8 Å². The van der Waals surface area contributed by atoms with Crippen LogP contribution in [0.25, 0.3) is 0 Å². The molecule has 0 saturated carbocycles. The molecule has 1 aliphatic rings. The Kier molecular flexibility index (Phi) is 4.34. The van der Waals surface area contributed by atoms with Gasteiger partial charge in [0, 0.05) is 11.9 Å². The van der Waals surface area contributed by atoms with Gasteiger partial charge in [-0.25, -0.2) is 0 Å². The van der Waals surface area contributed by atoms with E-state index in [9.17, 15) is 0 Å². The van der Waals surface area contributed by atoms with Gasteiger partial charge in [0.1, 0.15) is 6.10 Å². The van der Waals surface area contributed by atoms with Gasteiger partial charge in [0.2, 0.25) is 0 Å². The van der Waals surface area contributed by atoms with Gasteiger partial charge in [-0.15, -0.1) is 0 Å². The van der Waals surface area contributed by atoms with Gasteiger partial charge in [-0.2, -0.15) is 0 Å². The minimum atomic E-state index is 0.420. The molecule has 0 spiro atoms. The summed E-state index contributed by atoms with van der Waals surface area (Å²) in [5.41, 5.74) is 0. The Hall–Kier alpha value is 0.400. The lowest BCUT2D eigenvalue weighted by molar-refractivity contribution is 0.114. The average Bonchev–Trinajstić information content (AvgIpc) is 2.71. The number of alkyl halides is 1. The van der Waals surface area contributed by atoms with Crippen molar-refractivity contribution in [2.75, 3.05) is 25.2 Å². The first kappa shape index (κ1) is 8.50. The summed E-state index contributed by atoms with van der Waals surface area (Å²) < 4.78 is 10.3. The third kappa shape index (κ3) is 4.25. The molecule has 60 valence electrons. The first-order chi connectivity index (χ1) is 4.93. The second-order valence-corrected chi connectivity index (χ2v) is 3.22. The van der Waals surface area contributed by atoms with Crippen molar-refractivity contribution in [3.63, 3.8) is 0 Å². The van der Waals surface area contributed by atoms with Crippen molar-refractivity contribution in [1.82, 2.24) is 0 Å². The average molecular weight is 209 g/mol. The Bertz CT molecular complexity index is 83.7. The normalized spacial score (nSPS) is 23.1. The standard InChI is InChI=1S/C7H13BrO2/c8-3-1-2-4-9-5-7-6-10-7/h7H,1-6H2. The smallest absolute Gasteiger partial charge is 0.104 e. The number of hydrogen-bond acceptors (Lipinski definition) is 2. The van der Waals surface area contributed by atoms with Crippen molar-refractivity contribution in [2.24, 2.45) is 0 Å². The minimum absolute atomic E-state index is 0.420. The van der Waals surface area contributed by atoms with Gasteiger partial charge in [-0.05, 0) is 12.8 Å². The predicted octanol–water partition coefficient (Wildman–Crippen LogP) is 1.58. The van der Waals surface area contributed by atoms with E-state index < -0.39 is 0 Å². The fourth-order valence-corrected chi connectivity index (χ4v) is 1.07. The number of epoxide rings is 1. The van der Waals surface area contributed by atoms with E-state index in [0.717, 1.165) is 31.6 Å². The molecule has 0 aromatic carbocycles. The highest BCUT2D eigenvalue weighted by atomic mass is 79.9. The van der Waals surface area contributed by atoms with Crippen LogP contribution in [0.5, 0.6) is 0 Å². The Morgan fingerprint density at radius 2 is 2.30 bits per heavy atom. The minimum Gasteiger partial charge on any atom is -0.379 e. The van der Waals surface area contributed by atoms with E-state index in [-0.39, 0.29) is 0 Å². The lowest BCUT2D eigenvalue weighted by atomic mass is 10.4. The zero-order chi connectivity index (χ0) is 7.23. The predicted molar refractivity (Wildman–Crippen MR) is 43.6 cm³/mol. The topological polar surface area (TPSA) is 21.8 Å². The van der Waals surface area contributed by atoms with Crippen molar-refractivity contribution in [3.8, 4) is 0 Å². The van der Waals surface area contributed by atoms with Crippen LogP contribution in [-0.2, 0) is 9.47 Å². The number of halogens is 1. The van der Waals surface area contributed by atoms with Crippen molar-refractivity contribution >= 4 is 15.9 Å². The second-order valence-electron chi connectivity index (χ2n) is 2.43. The van der Waals surface area contributed by atoms with Crippen molar-refractivity contribution < 1.29 is 9.47 Å². The number of rotatable bonds is 6. The van der Waals surface area contributed by atoms with E-state index in [0.29, 0.717) is 6.10 Å². The van der Waals surface area contributed by atoms with Crippen LogP contribution in [-0.4, -0.2) is 31.3 Å². The Balaban J connectivity index is 1.68. The fourth-order valence-electron chi connectivity index (χ4n) is 0.678. The molecule has 1 saturated heterocycles. The Morgan fingerprint density at radius 1 is 1.50 bits per heavy atom. The van der Waals surface area contributed by atoms with E-state index >= 15 is 0 Å². The molecule has 0 amide bonds. The maximum absolute atomic E-state index is 5.31. The molecule has 2 nitrogen and oxygen atoms in total. The zero-order valence-electron chi connectivity index (χ0n) is 6.01. The van der Waals surface area contributed by atoms with Crippen LogP contribution in [0.2, 0.25) is 0 Å². The van der Waals surface area contributed by atoms with Crippen LogP contribution in [0.15, 0.2) is 0 Å². The summed E-state index contributed by atoms with van der Waals surface area (Å²) in [5.74, 6) is 0. The molecule has 3 heteroatoms. The van der Waals surface area contributed by atoms with Crippen LogP contribution < -0.4 is 0 Å². The number of ether oxygens (including phenoxy) is 2. The third-order valence-electron chi connectivity index (χ3n) is 1.38. The van der Waals surface area contributed by atoms with E-state index in [1.807, 2.05) is 0 Å². The van der Waals surface area contributed by atoms with Gasteiger partial charge in [-0.3, -0.25) is 0 Å². The maximum Gasteiger partial charge on any atom is 0.104 e. The molecule has 1 heterocycles. The molecule has 1 atom stereocenters. The van der Waals surface area contributed by atoms with E-state index in [1.165, 1.54) is 6.42 Å². The van der Waals surface area contributed by atoms with Crippen molar-refractivity contribution in [1.29, 1.82) is 0 Å². The van der Waals surface area contributed by atoms with E-state index in [4.69, 9.17) is 9.47 Å². The van der Waals surface area contributed by atoms with Crippen LogP contribution >= 0.6 is 15.9 Å². The monoisotopic (exact) mass is 208 g/mol. The van der Waals surface area contributed by atoms with Gasteiger partial charge in [0.05, 0.1) is 13.2 Å². The van der Waals surface area contributed by atoms with Crippen molar-refractivity contribution in [3.05, 3.63) is 0 Å². The molecular formula is C7H13BrO2. The molecule has 0 radical (unpaired) electrons. The van der Waals surface area contributed by atoms with Gasteiger partial charge >= 0.3 is 0 Å². The largest absolute Gasteiger partial charge is 0.379 e. The molecule has 1 unspecified atom stereocenters. The molecule has 10 heavy (non-hydrogen) atoms. The molecule has 1 fully saturated rings. The third-order valence-corrected chi connectivity index (χ3v) is 1.94. The summed E-state index contributed by atoms with van der Waals surface area (Å²) >= 11 is 3.36. The van der Waals surface area contributed by atoms with Crippen LogP contribution in [0, 0.1) is 0 Å². The summed E-state index contributed by atoms with van der Waals surface area (Å²) in [6.07, 6.45) is 2.77. The highest BCUT2D eigenvalue weighted by Crippen LogP contribution is 2.08. The maximum atomic E-state index is 5.31. The summed E-state index contributed by atoms with van der Waals surface area (Å²) in [4.78, 5) is 0. The van der Waals surface area contributed by atoms with Gasteiger partial charge < -0.3 is 9.47 Å². The number of unbranched alkanes of at least 4 members (excludes halogenated alkanes) is 1. The molecule has 1 aliphatic heterocycles. The summed E-state index contributed by atoms with van der Waals surface area (Å²) in [6.45, 7) is 2.58. The first-order valence-corrected chi connectivity index (χ1v) is 4.81. The van der Waals surface area contributed by atoms with Gasteiger partial charge in [0.15, 0.2) is 0 Å². The molecule has 1 rings (SSSR count). The van der Waals surface area contributed by atoms with Crippen molar-refractivity contribution in [2.45, 2.75) is 18.9 Å². The SMILES string of the molecule is BrCCCCOCC1CO1. The Morgan fingerprint density at radius 3 is 2.90 bits per heavy atom. The lowest BCUT2D eigenvalue weighted by Crippen LogP contribution is -2.02. The summed E-state index contributed by atoms with van der Waals surface area (Å²) in [5, 5.41) is 1.08. The molecular weight excluding hydrogens is 196 g/mol. The molecule has 0 bridgehead atoms. The zero-order valence-corrected chi connectivity index (χ0v) is 7.60. The molecule has 0 aliphatic carbocycles. The summed E-state index contributed by atoms with van der Waals surface area (Å²) in [7, 11) is 0. The van der Waals surface area contributed by atoms with Gasteiger partial charge in [-0.1, -0.05) is 15.9 Å². The molecule has 0 N–H and O–H groups in total. The van der Waals surface area contributed by atoms with Gasteiger partial charge in [0.25, 0.3) is 0 Å². The highest BCUT2D eigenvalue weighted by Gasteiger charge is 2.21. The molecule has 0 aromatic heterocycles. The summed E-state index contributed by atoms with van der Waals surface area (Å²) in [6, 6.07) is 0. The number of hydrogen-bond donors (Lipinski definition) is 0. The Labute approximate surface area is 70.0 Å². The lowest BCUT2D eigenvalue weighted by Gasteiger charge is -1.98. The van der Waals surface area contributed by atoms with Crippen LogP contribution in [0.3, 0.4) is 0 Å². The second kappa shape index (κ2) is 5.10. The van der Waals surface area contributed by atoms with Crippen LogP contribution in [0.4, 0.5) is 0 Å². The quantitative estimate of drug-likeness (QED) is 0.376. The highest BCUT2D eigenvalue weighted by molar-refractivity contribution is 9.09. The molecule has 0 aromatic rings. The van der Waals surface area contributed by atoms with E-state index in [2.05, 4.69) is 15.9 Å². The first-order valence-electron chi connectivity index (χ1n) is 3.69. The van der Waals surface area contributed by atoms with E-state index in [1.54, 1.807) is 0 Å². The fraction of sp³-hybridized carbons (Fsp3) is 1.00.